The second kappa shape index (κ2) is 11.4. The molecule has 0 aliphatic rings. The van der Waals surface area contributed by atoms with Gasteiger partial charge in [-0.1, -0.05) is 0 Å². The van der Waals surface area contributed by atoms with Gasteiger partial charge in [-0.05, 0) is 74.2 Å². The van der Waals surface area contributed by atoms with Gasteiger partial charge in [-0.15, -0.1) is 0 Å². The summed E-state index contributed by atoms with van der Waals surface area (Å²) in [7, 11) is 0. The standard InChI is InChI=1S/C22H22O8/c23-19(24)15-5-9-17(10-6-15)21(27)29-13-3-1-2-4-14-30-22(28)18-11-7-16(8-12-18)20(25)26/h5-12H,1-4,13-14H2,(H,23,24)(H,25,26). The Kier molecular flexibility index (Phi) is 8.56. The van der Waals surface area contributed by atoms with Crippen LogP contribution in [-0.4, -0.2) is 47.3 Å². The molecule has 0 saturated carbocycles. The van der Waals surface area contributed by atoms with Gasteiger partial charge in [-0.25, -0.2) is 19.2 Å². The number of ether oxygens (including phenoxy) is 2. The smallest absolute Gasteiger partial charge is 0.338 e. The zero-order valence-corrected chi connectivity index (χ0v) is 16.2. The van der Waals surface area contributed by atoms with Gasteiger partial charge in [0.15, 0.2) is 0 Å². The SMILES string of the molecule is O=C(O)c1ccc(C(=O)OCCCCCCOC(=O)c2ccc(C(=O)O)cc2)cc1. The molecular weight excluding hydrogens is 392 g/mol. The largest absolute Gasteiger partial charge is 0.478 e. The van der Waals surface area contributed by atoms with Crippen LogP contribution in [0, 0.1) is 0 Å². The second-order valence-corrected chi connectivity index (χ2v) is 6.45. The maximum Gasteiger partial charge on any atom is 0.338 e. The minimum Gasteiger partial charge on any atom is -0.478 e. The van der Waals surface area contributed by atoms with Gasteiger partial charge in [0, 0.05) is 0 Å². The van der Waals surface area contributed by atoms with Gasteiger partial charge in [-0.2, -0.15) is 0 Å². The van der Waals surface area contributed by atoms with Crippen molar-refractivity contribution in [2.24, 2.45) is 0 Å². The molecule has 0 bridgehead atoms. The summed E-state index contributed by atoms with van der Waals surface area (Å²) in [6.07, 6.45) is 2.89. The highest BCUT2D eigenvalue weighted by Gasteiger charge is 2.10. The highest BCUT2D eigenvalue weighted by atomic mass is 16.5. The molecule has 0 atom stereocenters. The molecule has 0 radical (unpaired) electrons. The molecule has 2 aromatic carbocycles. The molecule has 0 aliphatic heterocycles. The summed E-state index contributed by atoms with van der Waals surface area (Å²) in [6, 6.07) is 11.0. The van der Waals surface area contributed by atoms with Crippen molar-refractivity contribution in [1.29, 1.82) is 0 Å². The highest BCUT2D eigenvalue weighted by molar-refractivity contribution is 5.93. The summed E-state index contributed by atoms with van der Waals surface area (Å²) in [6.45, 7) is 0.491. The van der Waals surface area contributed by atoms with E-state index in [1.165, 1.54) is 48.5 Å². The van der Waals surface area contributed by atoms with Crippen LogP contribution < -0.4 is 0 Å². The Balaban J connectivity index is 1.56. The molecule has 0 fully saturated rings. The minimum atomic E-state index is -1.06. The first-order valence-electron chi connectivity index (χ1n) is 9.39. The number of esters is 2. The monoisotopic (exact) mass is 414 g/mol. The lowest BCUT2D eigenvalue weighted by atomic mass is 10.1. The Labute approximate surface area is 173 Å². The number of carboxylic acid groups (broad SMARTS) is 2. The molecule has 0 aliphatic carbocycles. The Morgan fingerprint density at radius 1 is 0.533 bits per heavy atom. The fourth-order valence-electron chi connectivity index (χ4n) is 2.55. The van der Waals surface area contributed by atoms with Crippen molar-refractivity contribution in [3.63, 3.8) is 0 Å². The lowest BCUT2D eigenvalue weighted by Crippen LogP contribution is -2.08. The summed E-state index contributed by atoms with van der Waals surface area (Å²) in [5.41, 5.74) is 0.792. The third kappa shape index (κ3) is 7.05. The molecule has 8 nitrogen and oxygen atoms in total. The van der Waals surface area contributed by atoms with Crippen molar-refractivity contribution in [3.8, 4) is 0 Å². The molecule has 0 spiro atoms. The number of carboxylic acids is 2. The predicted octanol–water partition coefficient (Wildman–Crippen LogP) is 3.66. The van der Waals surface area contributed by atoms with Crippen molar-refractivity contribution in [1.82, 2.24) is 0 Å². The van der Waals surface area contributed by atoms with E-state index in [0.29, 0.717) is 24.0 Å². The molecule has 30 heavy (non-hydrogen) atoms. The number of rotatable bonds is 11. The number of benzene rings is 2. The van der Waals surface area contributed by atoms with Crippen LogP contribution in [0.1, 0.15) is 67.1 Å². The van der Waals surface area contributed by atoms with Gasteiger partial charge in [0.05, 0.1) is 35.5 Å². The molecule has 2 rings (SSSR count). The zero-order valence-electron chi connectivity index (χ0n) is 16.2. The van der Waals surface area contributed by atoms with Gasteiger partial charge in [0.25, 0.3) is 0 Å². The molecule has 0 aromatic heterocycles. The molecule has 2 aromatic rings. The second-order valence-electron chi connectivity index (χ2n) is 6.45. The lowest BCUT2D eigenvalue weighted by Gasteiger charge is -2.06. The van der Waals surface area contributed by atoms with Crippen molar-refractivity contribution < 1.29 is 38.9 Å². The lowest BCUT2D eigenvalue weighted by molar-refractivity contribution is 0.0473. The Bertz CT molecular complexity index is 809. The third-order valence-electron chi connectivity index (χ3n) is 4.24. The summed E-state index contributed by atoms with van der Waals surface area (Å²) < 4.78 is 10.3. The van der Waals surface area contributed by atoms with Crippen LogP contribution in [0.4, 0.5) is 0 Å². The maximum atomic E-state index is 11.9. The topological polar surface area (TPSA) is 127 Å². The summed E-state index contributed by atoms with van der Waals surface area (Å²) in [4.78, 5) is 45.3. The van der Waals surface area contributed by atoms with Crippen LogP contribution in [0.5, 0.6) is 0 Å². The van der Waals surface area contributed by atoms with Gasteiger partial charge < -0.3 is 19.7 Å². The van der Waals surface area contributed by atoms with Gasteiger partial charge >= 0.3 is 23.9 Å². The highest BCUT2D eigenvalue weighted by Crippen LogP contribution is 2.09. The fourth-order valence-corrected chi connectivity index (χ4v) is 2.55. The van der Waals surface area contributed by atoms with Gasteiger partial charge in [-0.3, -0.25) is 0 Å². The first-order chi connectivity index (χ1) is 14.4. The maximum absolute atomic E-state index is 11.9. The molecule has 8 heteroatoms. The predicted molar refractivity (Wildman–Crippen MR) is 106 cm³/mol. The zero-order chi connectivity index (χ0) is 21.9. The van der Waals surface area contributed by atoms with E-state index in [1.54, 1.807) is 0 Å². The minimum absolute atomic E-state index is 0.101. The molecule has 2 N–H and O–H groups in total. The number of carbonyl (C=O) groups is 4. The Morgan fingerprint density at radius 2 is 0.833 bits per heavy atom. The van der Waals surface area contributed by atoms with E-state index in [0.717, 1.165) is 12.8 Å². The summed E-state index contributed by atoms with van der Waals surface area (Å²) in [5.74, 6) is -3.13. The first kappa shape index (κ1) is 22.6. The van der Waals surface area contributed by atoms with Crippen molar-refractivity contribution in [2.45, 2.75) is 25.7 Å². The van der Waals surface area contributed by atoms with Crippen LogP contribution in [0.3, 0.4) is 0 Å². The normalized spacial score (nSPS) is 10.3. The van der Waals surface area contributed by atoms with Gasteiger partial charge in [0.2, 0.25) is 0 Å². The van der Waals surface area contributed by atoms with Crippen molar-refractivity contribution in [2.75, 3.05) is 13.2 Å². The number of aromatic carboxylic acids is 2. The average molecular weight is 414 g/mol. The van der Waals surface area contributed by atoms with E-state index in [9.17, 15) is 19.2 Å². The van der Waals surface area contributed by atoms with E-state index in [2.05, 4.69) is 0 Å². The Morgan fingerprint density at radius 3 is 1.13 bits per heavy atom. The van der Waals surface area contributed by atoms with E-state index in [4.69, 9.17) is 19.7 Å². The van der Waals surface area contributed by atoms with Crippen LogP contribution in [-0.2, 0) is 9.47 Å². The number of unbranched alkanes of at least 4 members (excludes halogenated alkanes) is 3. The average Bonchev–Trinajstić information content (AvgIpc) is 2.75. The van der Waals surface area contributed by atoms with E-state index >= 15 is 0 Å². The number of hydrogen-bond acceptors (Lipinski definition) is 6. The van der Waals surface area contributed by atoms with E-state index in [-0.39, 0.29) is 24.3 Å². The third-order valence-corrected chi connectivity index (χ3v) is 4.24. The van der Waals surface area contributed by atoms with Crippen molar-refractivity contribution >= 4 is 23.9 Å². The van der Waals surface area contributed by atoms with Crippen molar-refractivity contribution in [3.05, 3.63) is 70.8 Å². The van der Waals surface area contributed by atoms with Crippen LogP contribution in [0.15, 0.2) is 48.5 Å². The Hall–Kier alpha value is -3.68. The quantitative estimate of drug-likeness (QED) is 0.421. The number of carbonyl (C=O) groups excluding carboxylic acids is 2. The van der Waals surface area contributed by atoms with Crippen LogP contribution in [0.25, 0.3) is 0 Å². The molecule has 0 unspecified atom stereocenters. The first-order valence-corrected chi connectivity index (χ1v) is 9.39. The summed E-state index contributed by atoms with van der Waals surface area (Å²) >= 11 is 0. The van der Waals surface area contributed by atoms with E-state index < -0.39 is 23.9 Å². The van der Waals surface area contributed by atoms with Crippen LogP contribution in [0.2, 0.25) is 0 Å². The van der Waals surface area contributed by atoms with Crippen LogP contribution >= 0.6 is 0 Å². The molecule has 0 amide bonds. The van der Waals surface area contributed by atoms with E-state index in [1.807, 2.05) is 0 Å². The molecule has 158 valence electrons. The fraction of sp³-hybridized carbons (Fsp3) is 0.273. The molecule has 0 saturated heterocycles. The molecule has 0 heterocycles. The van der Waals surface area contributed by atoms with Gasteiger partial charge in [0.1, 0.15) is 0 Å². The number of hydrogen-bond donors (Lipinski definition) is 2. The summed E-state index contributed by atoms with van der Waals surface area (Å²) in [5, 5.41) is 17.7. The molecular formula is C22H22O8.